The summed E-state index contributed by atoms with van der Waals surface area (Å²) in [6.07, 6.45) is 3.47. The highest BCUT2D eigenvalue weighted by Gasteiger charge is 2.13. The van der Waals surface area contributed by atoms with Crippen LogP contribution in [0.4, 0.5) is 0 Å². The maximum Gasteiger partial charge on any atom is 0.266 e. The van der Waals surface area contributed by atoms with E-state index in [1.807, 2.05) is 50.2 Å². The molecule has 0 saturated heterocycles. The molecule has 4 rings (SSSR count). The first-order chi connectivity index (χ1) is 14.5. The van der Waals surface area contributed by atoms with Crippen LogP contribution in [-0.2, 0) is 0 Å². The molecule has 5 heteroatoms. The first-order valence-corrected chi connectivity index (χ1v) is 9.63. The molecule has 0 atom stereocenters. The Labute approximate surface area is 174 Å². The van der Waals surface area contributed by atoms with Crippen LogP contribution in [0.1, 0.15) is 22.5 Å². The predicted molar refractivity (Wildman–Crippen MR) is 120 cm³/mol. The van der Waals surface area contributed by atoms with Crippen molar-refractivity contribution in [1.29, 1.82) is 0 Å². The summed E-state index contributed by atoms with van der Waals surface area (Å²) in [5.74, 6) is 0.905. The summed E-state index contributed by atoms with van der Waals surface area (Å²) >= 11 is 0. The molecular weight excluding hydrogens is 376 g/mol. The average Bonchev–Trinajstić information content (AvgIpc) is 2.75. The number of ether oxygens (including phenoxy) is 1. The molecule has 0 saturated carbocycles. The number of hydrogen-bond donors (Lipinski definition) is 1. The van der Waals surface area contributed by atoms with Crippen molar-refractivity contribution >= 4 is 23.1 Å². The molecule has 0 aliphatic heterocycles. The highest BCUT2D eigenvalue weighted by molar-refractivity contribution is 5.80. The Balaban J connectivity index is 1.97. The maximum atomic E-state index is 13.4. The second kappa shape index (κ2) is 7.87. The minimum atomic E-state index is -0.135. The normalized spacial score (nSPS) is 11.3. The topological polar surface area (TPSA) is 64.3 Å². The minimum absolute atomic E-state index is 0.0395. The van der Waals surface area contributed by atoms with Crippen LogP contribution in [0.25, 0.3) is 28.7 Å². The molecule has 0 fully saturated rings. The van der Waals surface area contributed by atoms with Gasteiger partial charge < -0.3 is 9.84 Å². The molecule has 0 unspecified atom stereocenters. The Morgan fingerprint density at radius 2 is 1.80 bits per heavy atom. The van der Waals surface area contributed by atoms with Crippen LogP contribution in [0, 0.1) is 13.8 Å². The number of fused-ring (bicyclic) bond motifs is 1. The number of aromatic hydroxyl groups is 1. The van der Waals surface area contributed by atoms with Gasteiger partial charge in [0.15, 0.2) is 11.5 Å². The number of aromatic nitrogens is 2. The Kier molecular flexibility index (Phi) is 5.11. The highest BCUT2D eigenvalue weighted by atomic mass is 16.5. The zero-order valence-electron chi connectivity index (χ0n) is 17.1. The number of benzene rings is 3. The predicted octanol–water partition coefficient (Wildman–Crippen LogP) is 4.89. The van der Waals surface area contributed by atoms with E-state index in [2.05, 4.69) is 0 Å². The molecule has 0 amide bonds. The number of hydrogen-bond acceptors (Lipinski definition) is 4. The molecule has 0 aliphatic rings. The van der Waals surface area contributed by atoms with Crippen molar-refractivity contribution in [2.24, 2.45) is 0 Å². The molecular formula is C25H22N2O3. The molecule has 1 heterocycles. The van der Waals surface area contributed by atoms with Crippen molar-refractivity contribution in [3.63, 3.8) is 0 Å². The molecule has 30 heavy (non-hydrogen) atoms. The van der Waals surface area contributed by atoms with Crippen molar-refractivity contribution in [3.8, 4) is 17.2 Å². The van der Waals surface area contributed by atoms with Gasteiger partial charge in [-0.3, -0.25) is 9.36 Å². The van der Waals surface area contributed by atoms with E-state index in [0.29, 0.717) is 28.0 Å². The van der Waals surface area contributed by atoms with Crippen LogP contribution in [0.2, 0.25) is 0 Å². The smallest absolute Gasteiger partial charge is 0.266 e. The number of methoxy groups -OCH3 is 1. The summed E-state index contributed by atoms with van der Waals surface area (Å²) in [6.45, 7) is 3.96. The second-order valence-corrected chi connectivity index (χ2v) is 7.15. The van der Waals surface area contributed by atoms with E-state index in [0.717, 1.165) is 16.8 Å². The molecule has 4 aromatic rings. The van der Waals surface area contributed by atoms with Gasteiger partial charge in [-0.25, -0.2) is 4.98 Å². The fourth-order valence-corrected chi connectivity index (χ4v) is 3.46. The lowest BCUT2D eigenvalue weighted by Gasteiger charge is -2.14. The summed E-state index contributed by atoms with van der Waals surface area (Å²) in [5.41, 5.74) is 3.87. The SMILES string of the molecule is COc1cccc(/C=C/c2nc3ccccc3c(=O)n2-c2cc(C)ccc2C)c1O. The van der Waals surface area contributed by atoms with Crippen molar-refractivity contribution in [2.45, 2.75) is 13.8 Å². The third-order valence-electron chi connectivity index (χ3n) is 5.07. The monoisotopic (exact) mass is 398 g/mol. The fraction of sp³-hybridized carbons (Fsp3) is 0.120. The Morgan fingerprint density at radius 3 is 2.60 bits per heavy atom. The summed E-state index contributed by atoms with van der Waals surface area (Å²) in [4.78, 5) is 18.1. The van der Waals surface area contributed by atoms with E-state index < -0.39 is 0 Å². The number of rotatable bonds is 4. The molecule has 0 aliphatic carbocycles. The molecule has 0 radical (unpaired) electrons. The van der Waals surface area contributed by atoms with Gasteiger partial charge in [0.25, 0.3) is 5.56 Å². The van der Waals surface area contributed by atoms with E-state index in [1.54, 1.807) is 41.0 Å². The fourth-order valence-electron chi connectivity index (χ4n) is 3.46. The van der Waals surface area contributed by atoms with Crippen LogP contribution in [-0.4, -0.2) is 21.8 Å². The number of nitrogens with zero attached hydrogens (tertiary/aromatic N) is 2. The van der Waals surface area contributed by atoms with Crippen LogP contribution in [0.3, 0.4) is 0 Å². The summed E-state index contributed by atoms with van der Waals surface area (Å²) < 4.78 is 6.81. The number of phenols is 1. The van der Waals surface area contributed by atoms with E-state index in [4.69, 9.17) is 9.72 Å². The first-order valence-electron chi connectivity index (χ1n) is 9.63. The van der Waals surface area contributed by atoms with Crippen LogP contribution in [0.5, 0.6) is 11.5 Å². The summed E-state index contributed by atoms with van der Waals surface area (Å²) in [7, 11) is 1.51. The molecule has 1 aromatic heterocycles. The van der Waals surface area contributed by atoms with E-state index in [1.165, 1.54) is 7.11 Å². The largest absolute Gasteiger partial charge is 0.504 e. The number of aryl methyl sites for hydroxylation is 2. The van der Waals surface area contributed by atoms with E-state index >= 15 is 0 Å². The summed E-state index contributed by atoms with van der Waals surface area (Å²) in [6, 6.07) is 18.6. The van der Waals surface area contributed by atoms with Crippen molar-refractivity contribution < 1.29 is 9.84 Å². The molecule has 0 spiro atoms. The minimum Gasteiger partial charge on any atom is -0.504 e. The zero-order chi connectivity index (χ0) is 21.3. The Morgan fingerprint density at radius 1 is 1.00 bits per heavy atom. The van der Waals surface area contributed by atoms with Gasteiger partial charge in [-0.2, -0.15) is 0 Å². The molecule has 3 aromatic carbocycles. The standard InChI is InChI=1S/C25H22N2O3/c1-16-11-12-17(2)21(15-16)27-23(26-20-9-5-4-8-19(20)25(27)29)14-13-18-7-6-10-22(30-3)24(18)28/h4-15,28H,1-3H3/b14-13+. The van der Waals surface area contributed by atoms with Crippen LogP contribution >= 0.6 is 0 Å². The quantitative estimate of drug-likeness (QED) is 0.532. The van der Waals surface area contributed by atoms with E-state index in [-0.39, 0.29) is 11.3 Å². The second-order valence-electron chi connectivity index (χ2n) is 7.15. The first kappa shape index (κ1) is 19.5. The van der Waals surface area contributed by atoms with Crippen molar-refractivity contribution in [2.75, 3.05) is 7.11 Å². The van der Waals surface area contributed by atoms with Gasteiger partial charge in [-0.1, -0.05) is 36.4 Å². The average molecular weight is 398 g/mol. The van der Waals surface area contributed by atoms with Crippen LogP contribution < -0.4 is 10.3 Å². The van der Waals surface area contributed by atoms with Crippen LogP contribution in [0.15, 0.2) is 65.5 Å². The van der Waals surface area contributed by atoms with Gasteiger partial charge in [0.05, 0.1) is 23.7 Å². The summed E-state index contributed by atoms with van der Waals surface area (Å²) in [5, 5.41) is 11.0. The van der Waals surface area contributed by atoms with Crippen molar-refractivity contribution in [1.82, 2.24) is 9.55 Å². The van der Waals surface area contributed by atoms with Gasteiger partial charge >= 0.3 is 0 Å². The van der Waals surface area contributed by atoms with Crippen molar-refractivity contribution in [3.05, 3.63) is 93.5 Å². The highest BCUT2D eigenvalue weighted by Crippen LogP contribution is 2.30. The van der Waals surface area contributed by atoms with Gasteiger partial charge in [0, 0.05) is 5.56 Å². The van der Waals surface area contributed by atoms with Gasteiger partial charge in [0.2, 0.25) is 0 Å². The molecule has 5 nitrogen and oxygen atoms in total. The third-order valence-corrected chi connectivity index (χ3v) is 5.07. The third kappa shape index (κ3) is 3.46. The number of para-hydroxylation sites is 2. The lowest BCUT2D eigenvalue weighted by atomic mass is 10.1. The Hall–Kier alpha value is -3.86. The lowest BCUT2D eigenvalue weighted by molar-refractivity contribution is 0.373. The number of phenolic OH excluding ortho intramolecular Hbond substituents is 1. The molecule has 150 valence electrons. The maximum absolute atomic E-state index is 13.4. The van der Waals surface area contributed by atoms with E-state index in [9.17, 15) is 9.90 Å². The molecule has 1 N–H and O–H groups in total. The van der Waals surface area contributed by atoms with Gasteiger partial charge in [-0.05, 0) is 61.4 Å². The lowest BCUT2D eigenvalue weighted by Crippen LogP contribution is -2.23. The zero-order valence-corrected chi connectivity index (χ0v) is 17.1. The Bertz CT molecular complexity index is 1340. The van der Waals surface area contributed by atoms with Gasteiger partial charge in [-0.15, -0.1) is 0 Å². The molecule has 0 bridgehead atoms. The van der Waals surface area contributed by atoms with Gasteiger partial charge in [0.1, 0.15) is 5.82 Å².